The number of anilines is 1. The van der Waals surface area contributed by atoms with Crippen LogP contribution in [-0.4, -0.2) is 41.8 Å². The summed E-state index contributed by atoms with van der Waals surface area (Å²) in [5, 5.41) is 0. The Morgan fingerprint density at radius 1 is 1.37 bits per heavy atom. The van der Waals surface area contributed by atoms with E-state index < -0.39 is 0 Å². The smallest absolute Gasteiger partial charge is 0.225 e. The van der Waals surface area contributed by atoms with Crippen LogP contribution in [-0.2, 0) is 4.74 Å². The number of hydrogen-bond donors (Lipinski definition) is 1. The molecule has 2 fully saturated rings. The third-order valence-corrected chi connectivity index (χ3v) is 5.05. The van der Waals surface area contributed by atoms with Crippen LogP contribution in [0, 0.1) is 8.99 Å². The summed E-state index contributed by atoms with van der Waals surface area (Å²) in [5.74, 6) is 0.829. The van der Waals surface area contributed by atoms with Crippen LogP contribution in [0.4, 0.5) is 5.95 Å². The normalized spacial score (nSPS) is 29.9. The fraction of sp³-hybridized carbons (Fsp3) is 0.692. The zero-order chi connectivity index (χ0) is 13.5. The van der Waals surface area contributed by atoms with E-state index >= 15 is 0 Å². The number of aromatic nitrogens is 2. The molecule has 5 nitrogen and oxygen atoms in total. The van der Waals surface area contributed by atoms with E-state index in [4.69, 9.17) is 10.5 Å². The summed E-state index contributed by atoms with van der Waals surface area (Å²) in [7, 11) is 0. The van der Waals surface area contributed by atoms with Gasteiger partial charge in [-0.1, -0.05) is 0 Å². The van der Waals surface area contributed by atoms with Crippen molar-refractivity contribution in [3.05, 3.63) is 16.0 Å². The van der Waals surface area contributed by atoms with Gasteiger partial charge in [0.05, 0.1) is 12.7 Å². The number of nitrogens with zero attached hydrogens (tertiary/aromatic N) is 3. The second-order valence-corrected chi connectivity index (χ2v) is 6.84. The van der Waals surface area contributed by atoms with E-state index in [1.54, 1.807) is 0 Å². The van der Waals surface area contributed by atoms with Gasteiger partial charge in [-0.3, -0.25) is 0 Å². The second kappa shape index (κ2) is 5.14. The van der Waals surface area contributed by atoms with Crippen LogP contribution in [0.2, 0.25) is 0 Å². The van der Waals surface area contributed by atoms with Gasteiger partial charge in [0.15, 0.2) is 0 Å². The zero-order valence-corrected chi connectivity index (χ0v) is 13.2. The van der Waals surface area contributed by atoms with Crippen molar-refractivity contribution in [2.45, 2.75) is 31.9 Å². The van der Waals surface area contributed by atoms with Crippen molar-refractivity contribution in [3.63, 3.8) is 0 Å². The molecule has 6 heteroatoms. The molecule has 19 heavy (non-hydrogen) atoms. The minimum absolute atomic E-state index is 0.160. The summed E-state index contributed by atoms with van der Waals surface area (Å²) in [6.45, 7) is 4.81. The Morgan fingerprint density at radius 2 is 2.00 bits per heavy atom. The molecule has 0 saturated carbocycles. The number of nitrogens with two attached hydrogens (primary N) is 1. The van der Waals surface area contributed by atoms with Gasteiger partial charge in [-0.05, 0) is 42.4 Å². The Balaban J connectivity index is 1.68. The van der Waals surface area contributed by atoms with Crippen molar-refractivity contribution in [2.24, 2.45) is 11.1 Å². The van der Waals surface area contributed by atoms with Crippen molar-refractivity contribution in [3.8, 4) is 0 Å². The topological polar surface area (TPSA) is 64.3 Å². The van der Waals surface area contributed by atoms with Crippen LogP contribution >= 0.6 is 22.6 Å². The molecule has 2 atom stereocenters. The van der Waals surface area contributed by atoms with Gasteiger partial charge in [-0.25, -0.2) is 9.97 Å². The highest BCUT2D eigenvalue weighted by molar-refractivity contribution is 14.1. The van der Waals surface area contributed by atoms with Crippen molar-refractivity contribution in [1.29, 1.82) is 0 Å². The Morgan fingerprint density at radius 3 is 2.53 bits per heavy atom. The number of hydrogen-bond acceptors (Lipinski definition) is 5. The number of halogens is 1. The third kappa shape index (κ3) is 2.45. The Bertz CT molecular complexity index is 444. The molecule has 2 aliphatic rings. The maximum absolute atomic E-state index is 6.32. The molecular formula is C13H19IN4O. The third-order valence-electron chi connectivity index (χ3n) is 4.50. The number of piperidine rings is 1. The summed E-state index contributed by atoms with van der Waals surface area (Å²) in [6.07, 6.45) is 6.03. The minimum atomic E-state index is 0.160. The predicted molar refractivity (Wildman–Crippen MR) is 82.0 cm³/mol. The van der Waals surface area contributed by atoms with Crippen LogP contribution < -0.4 is 10.6 Å². The first-order chi connectivity index (χ1) is 9.11. The molecule has 0 amide bonds. The number of ether oxygens (including phenoxy) is 1. The van der Waals surface area contributed by atoms with E-state index in [0.29, 0.717) is 0 Å². The maximum Gasteiger partial charge on any atom is 0.225 e. The van der Waals surface area contributed by atoms with Gasteiger partial charge in [0, 0.05) is 40.5 Å². The second-order valence-electron chi connectivity index (χ2n) is 5.59. The minimum Gasteiger partial charge on any atom is -0.376 e. The molecule has 2 N–H and O–H groups in total. The summed E-state index contributed by atoms with van der Waals surface area (Å²) < 4.78 is 6.80. The lowest BCUT2D eigenvalue weighted by Gasteiger charge is -2.41. The Kier molecular flexibility index (Phi) is 3.65. The Hall–Kier alpha value is -0.470. The van der Waals surface area contributed by atoms with Crippen LogP contribution in [0.3, 0.4) is 0 Å². The fourth-order valence-corrected chi connectivity index (χ4v) is 3.37. The van der Waals surface area contributed by atoms with Gasteiger partial charge in [0.2, 0.25) is 5.95 Å². The predicted octanol–water partition coefficient (Wildman–Crippen LogP) is 1.41. The molecule has 0 aromatic carbocycles. The van der Waals surface area contributed by atoms with Crippen molar-refractivity contribution < 1.29 is 4.74 Å². The van der Waals surface area contributed by atoms with Gasteiger partial charge in [0.25, 0.3) is 0 Å². The van der Waals surface area contributed by atoms with Crippen LogP contribution in [0.1, 0.15) is 19.8 Å². The van der Waals surface area contributed by atoms with Gasteiger partial charge in [-0.15, -0.1) is 0 Å². The van der Waals surface area contributed by atoms with Gasteiger partial charge in [-0.2, -0.15) is 0 Å². The zero-order valence-electron chi connectivity index (χ0n) is 11.1. The standard InChI is InChI=1S/C13H19IN4O/c1-9-11(15)13(8-19-9)2-4-18(5-3-13)12-16-6-10(14)7-17-12/h6-7,9,11H,2-5,8,15H2,1H3/t9-,11+/m0/s1. The molecule has 0 bridgehead atoms. The molecule has 3 rings (SSSR count). The van der Waals surface area contributed by atoms with E-state index in [2.05, 4.69) is 44.4 Å². The van der Waals surface area contributed by atoms with Crippen LogP contribution in [0.15, 0.2) is 12.4 Å². The molecular weight excluding hydrogens is 355 g/mol. The number of rotatable bonds is 1. The van der Waals surface area contributed by atoms with Crippen molar-refractivity contribution >= 4 is 28.5 Å². The molecule has 1 spiro atoms. The molecule has 1 aromatic rings. The highest BCUT2D eigenvalue weighted by atomic mass is 127. The van der Waals surface area contributed by atoms with Gasteiger partial charge < -0.3 is 15.4 Å². The van der Waals surface area contributed by atoms with E-state index in [1.165, 1.54) is 0 Å². The lowest BCUT2D eigenvalue weighted by atomic mass is 9.73. The highest BCUT2D eigenvalue weighted by Gasteiger charge is 2.47. The summed E-state index contributed by atoms with van der Waals surface area (Å²) >= 11 is 2.22. The molecule has 2 saturated heterocycles. The lowest BCUT2D eigenvalue weighted by molar-refractivity contribution is 0.0973. The summed E-state index contributed by atoms with van der Waals surface area (Å²) in [4.78, 5) is 11.0. The maximum atomic E-state index is 6.32. The van der Waals surface area contributed by atoms with Gasteiger partial charge in [0.1, 0.15) is 0 Å². The summed E-state index contributed by atoms with van der Waals surface area (Å²) in [6, 6.07) is 0.160. The average Bonchev–Trinajstić information content (AvgIpc) is 2.70. The molecule has 0 aliphatic carbocycles. The molecule has 3 heterocycles. The first-order valence-corrected chi connectivity index (χ1v) is 7.78. The largest absolute Gasteiger partial charge is 0.376 e. The van der Waals surface area contributed by atoms with E-state index in [-0.39, 0.29) is 17.6 Å². The molecule has 2 aliphatic heterocycles. The van der Waals surface area contributed by atoms with Crippen LogP contribution in [0.5, 0.6) is 0 Å². The lowest BCUT2D eigenvalue weighted by Crippen LogP contribution is -2.50. The first kappa shape index (κ1) is 13.5. The van der Waals surface area contributed by atoms with Gasteiger partial charge >= 0.3 is 0 Å². The van der Waals surface area contributed by atoms with E-state index in [0.717, 1.165) is 42.1 Å². The molecule has 104 valence electrons. The molecule has 0 unspecified atom stereocenters. The molecule has 1 aromatic heterocycles. The Labute approximate surface area is 127 Å². The summed E-state index contributed by atoms with van der Waals surface area (Å²) in [5.41, 5.74) is 6.48. The average molecular weight is 374 g/mol. The quantitative estimate of drug-likeness (QED) is 0.754. The SMILES string of the molecule is C[C@@H]1OCC2(CCN(c3ncc(I)cn3)CC2)[C@@H]1N. The monoisotopic (exact) mass is 374 g/mol. The van der Waals surface area contributed by atoms with Crippen LogP contribution in [0.25, 0.3) is 0 Å². The molecule has 0 radical (unpaired) electrons. The van der Waals surface area contributed by atoms with Crippen molar-refractivity contribution in [2.75, 3.05) is 24.6 Å². The van der Waals surface area contributed by atoms with E-state index in [1.807, 2.05) is 12.4 Å². The first-order valence-electron chi connectivity index (χ1n) is 6.70. The van der Waals surface area contributed by atoms with E-state index in [9.17, 15) is 0 Å². The van der Waals surface area contributed by atoms with Crippen molar-refractivity contribution in [1.82, 2.24) is 9.97 Å². The highest BCUT2D eigenvalue weighted by Crippen LogP contribution is 2.41. The fourth-order valence-electron chi connectivity index (χ4n) is 3.09.